The van der Waals surface area contributed by atoms with Crippen molar-refractivity contribution in [2.75, 3.05) is 14.2 Å². The number of methoxy groups -OCH3 is 2. The Bertz CT molecular complexity index is 743. The van der Waals surface area contributed by atoms with E-state index < -0.39 is 0 Å². The van der Waals surface area contributed by atoms with Gasteiger partial charge in [0.25, 0.3) is 5.91 Å². The molecule has 0 N–H and O–H groups in total. The highest BCUT2D eigenvalue weighted by Gasteiger charge is 2.33. The van der Waals surface area contributed by atoms with Gasteiger partial charge in [-0.15, -0.1) is 0 Å². The molecule has 1 aliphatic carbocycles. The van der Waals surface area contributed by atoms with Gasteiger partial charge in [0.1, 0.15) is 5.82 Å². The van der Waals surface area contributed by atoms with E-state index in [9.17, 15) is 9.18 Å². The standard InChI is InChI=1S/C19H20FNO3/c1-23-17-10-7-13(11-18(17)24-2)19(22)21(15-8-9-15)12-14-5-3-4-6-16(14)20/h3-7,10-11,15H,8-9,12H2,1-2H3. The minimum atomic E-state index is -0.289. The van der Waals surface area contributed by atoms with E-state index >= 15 is 0 Å². The van der Waals surface area contributed by atoms with Crippen LogP contribution < -0.4 is 9.47 Å². The summed E-state index contributed by atoms with van der Waals surface area (Å²) in [5.74, 6) is 0.663. The molecule has 0 bridgehead atoms. The van der Waals surface area contributed by atoms with E-state index in [1.807, 2.05) is 0 Å². The van der Waals surface area contributed by atoms with Gasteiger partial charge in [0.05, 0.1) is 14.2 Å². The molecule has 1 fully saturated rings. The summed E-state index contributed by atoms with van der Waals surface area (Å²) in [5, 5.41) is 0. The van der Waals surface area contributed by atoms with Crippen molar-refractivity contribution in [2.45, 2.75) is 25.4 Å². The first-order valence-electron chi connectivity index (χ1n) is 7.90. The number of amides is 1. The lowest BCUT2D eigenvalue weighted by Crippen LogP contribution is -2.33. The van der Waals surface area contributed by atoms with Crippen molar-refractivity contribution in [2.24, 2.45) is 0 Å². The van der Waals surface area contributed by atoms with Gasteiger partial charge in [0.15, 0.2) is 11.5 Å². The van der Waals surface area contributed by atoms with Crippen LogP contribution in [0.3, 0.4) is 0 Å². The minimum absolute atomic E-state index is 0.123. The summed E-state index contributed by atoms with van der Waals surface area (Å²) in [6, 6.07) is 11.8. The lowest BCUT2D eigenvalue weighted by molar-refractivity contribution is 0.0728. The van der Waals surface area contributed by atoms with Crippen molar-refractivity contribution in [1.82, 2.24) is 4.90 Å². The van der Waals surface area contributed by atoms with Crippen molar-refractivity contribution in [3.05, 3.63) is 59.4 Å². The Morgan fingerprint density at radius 2 is 1.83 bits per heavy atom. The zero-order valence-electron chi connectivity index (χ0n) is 13.8. The van der Waals surface area contributed by atoms with E-state index in [-0.39, 0.29) is 24.3 Å². The summed E-state index contributed by atoms with van der Waals surface area (Å²) in [6.45, 7) is 0.268. The predicted octanol–water partition coefficient (Wildman–Crippen LogP) is 3.65. The zero-order chi connectivity index (χ0) is 17.1. The topological polar surface area (TPSA) is 38.8 Å². The molecule has 2 aromatic rings. The van der Waals surface area contributed by atoms with Gasteiger partial charge in [-0.2, -0.15) is 0 Å². The second-order valence-electron chi connectivity index (χ2n) is 5.83. The highest BCUT2D eigenvalue weighted by molar-refractivity contribution is 5.95. The summed E-state index contributed by atoms with van der Waals surface area (Å²) in [6.07, 6.45) is 1.90. The number of ether oxygens (including phenoxy) is 2. The van der Waals surface area contributed by atoms with E-state index in [1.54, 1.807) is 48.4 Å². The summed E-state index contributed by atoms with van der Waals surface area (Å²) < 4.78 is 24.4. The second-order valence-corrected chi connectivity index (χ2v) is 5.83. The third kappa shape index (κ3) is 3.35. The van der Waals surface area contributed by atoms with Crippen LogP contribution in [0.1, 0.15) is 28.8 Å². The molecule has 0 atom stereocenters. The van der Waals surface area contributed by atoms with E-state index in [4.69, 9.17) is 9.47 Å². The van der Waals surface area contributed by atoms with Crippen LogP contribution in [0.2, 0.25) is 0 Å². The Kier molecular flexibility index (Phi) is 4.69. The van der Waals surface area contributed by atoms with Crippen molar-refractivity contribution in [1.29, 1.82) is 0 Å². The number of hydrogen-bond donors (Lipinski definition) is 0. The fraction of sp³-hybridized carbons (Fsp3) is 0.316. The fourth-order valence-electron chi connectivity index (χ4n) is 2.70. The highest BCUT2D eigenvalue weighted by atomic mass is 19.1. The van der Waals surface area contributed by atoms with Gasteiger partial charge < -0.3 is 14.4 Å². The van der Waals surface area contributed by atoms with E-state index in [2.05, 4.69) is 0 Å². The normalized spacial score (nSPS) is 13.5. The molecule has 0 radical (unpaired) electrons. The van der Waals surface area contributed by atoms with Crippen molar-refractivity contribution in [3.63, 3.8) is 0 Å². The molecule has 0 unspecified atom stereocenters. The average Bonchev–Trinajstić information content (AvgIpc) is 3.44. The molecule has 24 heavy (non-hydrogen) atoms. The van der Waals surface area contributed by atoms with Crippen LogP contribution in [0.4, 0.5) is 4.39 Å². The summed E-state index contributed by atoms with van der Waals surface area (Å²) >= 11 is 0. The van der Waals surface area contributed by atoms with Crippen molar-refractivity contribution >= 4 is 5.91 Å². The van der Waals surface area contributed by atoms with Gasteiger partial charge >= 0.3 is 0 Å². The van der Waals surface area contributed by atoms with E-state index in [0.717, 1.165) is 12.8 Å². The van der Waals surface area contributed by atoms with Gasteiger partial charge in [0.2, 0.25) is 0 Å². The minimum Gasteiger partial charge on any atom is -0.493 e. The molecule has 0 heterocycles. The molecule has 4 nitrogen and oxygen atoms in total. The second kappa shape index (κ2) is 6.91. The number of halogens is 1. The van der Waals surface area contributed by atoms with Crippen LogP contribution in [-0.2, 0) is 6.54 Å². The maximum absolute atomic E-state index is 13.9. The molecule has 0 aromatic heterocycles. The van der Waals surface area contributed by atoms with Gasteiger partial charge in [-0.1, -0.05) is 18.2 Å². The predicted molar refractivity (Wildman–Crippen MR) is 88.8 cm³/mol. The Morgan fingerprint density at radius 1 is 1.12 bits per heavy atom. The number of benzene rings is 2. The quantitative estimate of drug-likeness (QED) is 0.812. The van der Waals surface area contributed by atoms with Crippen LogP contribution in [0.15, 0.2) is 42.5 Å². The maximum Gasteiger partial charge on any atom is 0.254 e. The molecule has 126 valence electrons. The largest absolute Gasteiger partial charge is 0.493 e. The molecule has 0 spiro atoms. The summed E-state index contributed by atoms with van der Waals surface area (Å²) in [5.41, 5.74) is 1.04. The Balaban J connectivity index is 1.86. The molecule has 1 amide bonds. The molecular formula is C19H20FNO3. The van der Waals surface area contributed by atoms with Crippen molar-refractivity contribution in [3.8, 4) is 11.5 Å². The Morgan fingerprint density at radius 3 is 2.46 bits per heavy atom. The molecule has 1 aliphatic rings. The fourth-order valence-corrected chi connectivity index (χ4v) is 2.70. The molecule has 0 saturated heterocycles. The Hall–Kier alpha value is -2.56. The van der Waals surface area contributed by atoms with Crippen LogP contribution in [0.5, 0.6) is 11.5 Å². The molecule has 2 aromatic carbocycles. The third-order valence-electron chi connectivity index (χ3n) is 4.18. The third-order valence-corrected chi connectivity index (χ3v) is 4.18. The van der Waals surface area contributed by atoms with Gasteiger partial charge in [-0.05, 0) is 37.1 Å². The lowest BCUT2D eigenvalue weighted by Gasteiger charge is -2.23. The molecule has 1 saturated carbocycles. The first-order valence-corrected chi connectivity index (χ1v) is 7.90. The smallest absolute Gasteiger partial charge is 0.254 e. The number of carbonyl (C=O) groups excluding carboxylic acids is 1. The van der Waals surface area contributed by atoms with E-state index in [0.29, 0.717) is 22.6 Å². The molecular weight excluding hydrogens is 309 g/mol. The van der Waals surface area contributed by atoms with E-state index in [1.165, 1.54) is 13.2 Å². The molecule has 0 aliphatic heterocycles. The zero-order valence-corrected chi connectivity index (χ0v) is 13.8. The SMILES string of the molecule is COc1ccc(C(=O)N(Cc2ccccc2F)C2CC2)cc1OC. The van der Waals surface area contributed by atoms with Crippen LogP contribution in [0, 0.1) is 5.82 Å². The van der Waals surface area contributed by atoms with Crippen molar-refractivity contribution < 1.29 is 18.7 Å². The van der Waals surface area contributed by atoms with Crippen LogP contribution in [0.25, 0.3) is 0 Å². The first kappa shape index (κ1) is 16.3. The molecule has 5 heteroatoms. The Labute approximate surface area is 140 Å². The maximum atomic E-state index is 13.9. The highest BCUT2D eigenvalue weighted by Crippen LogP contribution is 2.32. The van der Waals surface area contributed by atoms with Gasteiger partial charge in [-0.25, -0.2) is 4.39 Å². The summed E-state index contributed by atoms with van der Waals surface area (Å²) in [4.78, 5) is 14.7. The van der Waals surface area contributed by atoms with Gasteiger partial charge in [-0.3, -0.25) is 4.79 Å². The number of rotatable bonds is 6. The molecule has 3 rings (SSSR count). The average molecular weight is 329 g/mol. The van der Waals surface area contributed by atoms with Gasteiger partial charge in [0, 0.05) is 23.7 Å². The number of hydrogen-bond acceptors (Lipinski definition) is 3. The number of nitrogens with zero attached hydrogens (tertiary/aromatic N) is 1. The number of carbonyl (C=O) groups is 1. The van der Waals surface area contributed by atoms with Crippen LogP contribution in [-0.4, -0.2) is 31.1 Å². The monoisotopic (exact) mass is 329 g/mol. The summed E-state index contributed by atoms with van der Waals surface area (Å²) in [7, 11) is 3.08. The lowest BCUT2D eigenvalue weighted by atomic mass is 10.1. The van der Waals surface area contributed by atoms with Crippen LogP contribution >= 0.6 is 0 Å². The first-order chi connectivity index (χ1) is 11.6.